The number of rotatable bonds is 5. The highest BCUT2D eigenvalue weighted by atomic mass is 32.2. The van der Waals surface area contributed by atoms with E-state index >= 15 is 0 Å². The summed E-state index contributed by atoms with van der Waals surface area (Å²) >= 11 is 0. The lowest BCUT2D eigenvalue weighted by atomic mass is 10.1. The minimum Gasteiger partial charge on any atom is -0.494 e. The Hall–Kier alpha value is -3.52. The van der Waals surface area contributed by atoms with Gasteiger partial charge in [-0.25, -0.2) is 8.42 Å². The van der Waals surface area contributed by atoms with E-state index in [9.17, 15) is 13.2 Å². The van der Waals surface area contributed by atoms with Crippen LogP contribution in [0.1, 0.15) is 22.8 Å². The van der Waals surface area contributed by atoms with Gasteiger partial charge in [0.2, 0.25) is 0 Å². The maximum atomic E-state index is 12.8. The Bertz CT molecular complexity index is 1240. The number of aryl methyl sites for hydroxylation is 1. The molecule has 0 aliphatic carbocycles. The van der Waals surface area contributed by atoms with E-state index in [-0.39, 0.29) is 22.1 Å². The molecule has 3 aromatic carbocycles. The molecule has 3 aromatic rings. The molecule has 4 rings (SSSR count). The fourth-order valence-electron chi connectivity index (χ4n) is 3.15. The molecule has 154 valence electrons. The molecule has 0 saturated heterocycles. The number of fused-ring (bicyclic) bond motifs is 2. The summed E-state index contributed by atoms with van der Waals surface area (Å²) in [5, 5.41) is 2.77. The number of sulfonamides is 1. The Labute approximate surface area is 174 Å². The van der Waals surface area contributed by atoms with Crippen LogP contribution in [0.3, 0.4) is 0 Å². The molecule has 0 aromatic heterocycles. The lowest BCUT2D eigenvalue weighted by Gasteiger charge is -2.13. The quantitative estimate of drug-likeness (QED) is 0.627. The average Bonchev–Trinajstić information content (AvgIpc) is 2.85. The van der Waals surface area contributed by atoms with Gasteiger partial charge < -0.3 is 14.8 Å². The number of benzene rings is 3. The fourth-order valence-corrected chi connectivity index (χ4v) is 4.28. The summed E-state index contributed by atoms with van der Waals surface area (Å²) in [5.41, 5.74) is 1.75. The molecule has 8 heteroatoms. The number of hydrogen-bond donors (Lipinski definition) is 2. The first-order valence-corrected chi connectivity index (χ1v) is 10.8. The molecule has 1 heterocycles. The molecule has 0 fully saturated rings. The van der Waals surface area contributed by atoms with Crippen molar-refractivity contribution >= 4 is 27.3 Å². The predicted molar refractivity (Wildman–Crippen MR) is 114 cm³/mol. The van der Waals surface area contributed by atoms with Crippen molar-refractivity contribution in [1.29, 1.82) is 0 Å². The van der Waals surface area contributed by atoms with Crippen molar-refractivity contribution in [2.24, 2.45) is 0 Å². The summed E-state index contributed by atoms with van der Waals surface area (Å²) < 4.78 is 39.5. The van der Waals surface area contributed by atoms with Crippen LogP contribution in [0.5, 0.6) is 17.2 Å². The zero-order valence-electron chi connectivity index (χ0n) is 16.4. The maximum absolute atomic E-state index is 12.8. The average molecular weight is 424 g/mol. The van der Waals surface area contributed by atoms with Gasteiger partial charge in [0.1, 0.15) is 11.5 Å². The first-order valence-electron chi connectivity index (χ1n) is 9.36. The van der Waals surface area contributed by atoms with Gasteiger partial charge in [-0.15, -0.1) is 0 Å². The molecule has 0 saturated carbocycles. The van der Waals surface area contributed by atoms with E-state index in [1.54, 1.807) is 55.5 Å². The molecular formula is C22H20N2O5S. The largest absolute Gasteiger partial charge is 0.494 e. The molecule has 0 radical (unpaired) electrons. The minimum atomic E-state index is -3.85. The molecule has 1 aliphatic rings. The topological polar surface area (TPSA) is 93.7 Å². The number of ether oxygens (including phenoxy) is 2. The second-order valence-corrected chi connectivity index (χ2v) is 8.41. The van der Waals surface area contributed by atoms with Crippen LogP contribution < -0.4 is 19.5 Å². The zero-order chi connectivity index (χ0) is 21.3. The molecule has 7 nitrogen and oxygen atoms in total. The molecular weight excluding hydrogens is 404 g/mol. The highest BCUT2D eigenvalue weighted by Crippen LogP contribution is 2.36. The first-order chi connectivity index (χ1) is 14.4. The standard InChI is InChI=1S/C22H20N2O5S/c1-3-28-19-11-9-16(12-14(19)2)30(26,27)24-15-8-10-20-17(13-15)22(25)23-18-6-4-5-7-21(18)29-20/h4-13,24H,3H2,1-2H3,(H,23,25). The summed E-state index contributed by atoms with van der Waals surface area (Å²) in [4.78, 5) is 12.7. The van der Waals surface area contributed by atoms with Crippen LogP contribution in [0.2, 0.25) is 0 Å². The van der Waals surface area contributed by atoms with Crippen LogP contribution in [0, 0.1) is 6.92 Å². The first kappa shape index (κ1) is 19.8. The summed E-state index contributed by atoms with van der Waals surface area (Å²) in [7, 11) is -3.85. The number of para-hydroxylation sites is 2. The van der Waals surface area contributed by atoms with Gasteiger partial charge in [0.05, 0.1) is 22.8 Å². The van der Waals surface area contributed by atoms with Crippen molar-refractivity contribution in [2.75, 3.05) is 16.6 Å². The molecule has 0 spiro atoms. The Morgan fingerprint density at radius 2 is 1.83 bits per heavy atom. The summed E-state index contributed by atoms with van der Waals surface area (Å²) in [6.07, 6.45) is 0. The molecule has 1 amide bonds. The van der Waals surface area contributed by atoms with Gasteiger partial charge in [-0.3, -0.25) is 9.52 Å². The fraction of sp³-hybridized carbons (Fsp3) is 0.136. The number of carbonyl (C=O) groups excluding carboxylic acids is 1. The highest BCUT2D eigenvalue weighted by molar-refractivity contribution is 7.92. The van der Waals surface area contributed by atoms with E-state index in [4.69, 9.17) is 9.47 Å². The van der Waals surface area contributed by atoms with Gasteiger partial charge in [0.15, 0.2) is 5.75 Å². The van der Waals surface area contributed by atoms with E-state index in [1.165, 1.54) is 12.1 Å². The predicted octanol–water partition coefficient (Wildman–Crippen LogP) is 4.55. The number of anilines is 2. The SMILES string of the molecule is CCOc1ccc(S(=O)(=O)Nc2ccc3c(c2)C(=O)Nc2ccccc2O3)cc1C. The van der Waals surface area contributed by atoms with Gasteiger partial charge in [0, 0.05) is 5.69 Å². The second kappa shape index (κ2) is 7.72. The zero-order valence-corrected chi connectivity index (χ0v) is 17.2. The van der Waals surface area contributed by atoms with Crippen molar-refractivity contribution in [2.45, 2.75) is 18.7 Å². The van der Waals surface area contributed by atoms with E-state index in [1.807, 2.05) is 6.92 Å². The van der Waals surface area contributed by atoms with Crippen molar-refractivity contribution in [3.8, 4) is 17.2 Å². The van der Waals surface area contributed by atoms with Crippen molar-refractivity contribution in [3.63, 3.8) is 0 Å². The van der Waals surface area contributed by atoms with Crippen LogP contribution >= 0.6 is 0 Å². The van der Waals surface area contributed by atoms with E-state index in [0.717, 1.165) is 0 Å². The van der Waals surface area contributed by atoms with E-state index < -0.39 is 10.0 Å². The third-order valence-electron chi connectivity index (χ3n) is 4.59. The van der Waals surface area contributed by atoms with Gasteiger partial charge >= 0.3 is 0 Å². The molecule has 30 heavy (non-hydrogen) atoms. The normalized spacial score (nSPS) is 12.7. The third kappa shape index (κ3) is 3.81. The Balaban J connectivity index is 1.63. The van der Waals surface area contributed by atoms with Gasteiger partial charge in [-0.05, 0) is 67.9 Å². The molecule has 0 unspecified atom stereocenters. The number of carbonyl (C=O) groups is 1. The van der Waals surface area contributed by atoms with Crippen LogP contribution in [0.4, 0.5) is 11.4 Å². The summed E-state index contributed by atoms with van der Waals surface area (Å²) in [6, 6.07) is 16.3. The Kier molecular flexibility index (Phi) is 5.09. The van der Waals surface area contributed by atoms with Gasteiger partial charge in [-0.2, -0.15) is 0 Å². The Morgan fingerprint density at radius 1 is 1.03 bits per heavy atom. The minimum absolute atomic E-state index is 0.103. The monoisotopic (exact) mass is 424 g/mol. The molecule has 1 aliphatic heterocycles. The van der Waals surface area contributed by atoms with Crippen molar-refractivity contribution in [1.82, 2.24) is 0 Å². The summed E-state index contributed by atoms with van der Waals surface area (Å²) in [6.45, 7) is 4.14. The third-order valence-corrected chi connectivity index (χ3v) is 5.97. The lowest BCUT2D eigenvalue weighted by Crippen LogP contribution is -2.15. The number of amides is 1. The van der Waals surface area contributed by atoms with Crippen LogP contribution in [-0.2, 0) is 10.0 Å². The number of hydrogen-bond acceptors (Lipinski definition) is 5. The van der Waals surface area contributed by atoms with Gasteiger partial charge in [-0.1, -0.05) is 12.1 Å². The molecule has 2 N–H and O–H groups in total. The maximum Gasteiger partial charge on any atom is 0.261 e. The summed E-state index contributed by atoms with van der Waals surface area (Å²) in [5.74, 6) is 1.11. The van der Waals surface area contributed by atoms with Crippen molar-refractivity contribution < 1.29 is 22.7 Å². The van der Waals surface area contributed by atoms with Gasteiger partial charge in [0.25, 0.3) is 15.9 Å². The second-order valence-electron chi connectivity index (χ2n) is 6.73. The lowest BCUT2D eigenvalue weighted by molar-refractivity contribution is 0.102. The highest BCUT2D eigenvalue weighted by Gasteiger charge is 2.22. The number of nitrogens with one attached hydrogen (secondary N) is 2. The van der Waals surface area contributed by atoms with Crippen LogP contribution in [0.15, 0.2) is 65.6 Å². The smallest absolute Gasteiger partial charge is 0.261 e. The van der Waals surface area contributed by atoms with Crippen LogP contribution in [0.25, 0.3) is 0 Å². The van der Waals surface area contributed by atoms with E-state index in [2.05, 4.69) is 10.0 Å². The Morgan fingerprint density at radius 3 is 2.60 bits per heavy atom. The molecule has 0 bridgehead atoms. The molecule has 0 atom stereocenters. The van der Waals surface area contributed by atoms with Crippen molar-refractivity contribution in [3.05, 3.63) is 71.8 Å². The van der Waals surface area contributed by atoms with Crippen LogP contribution in [-0.4, -0.2) is 20.9 Å². The van der Waals surface area contributed by atoms with E-state index in [0.29, 0.717) is 35.1 Å².